The molecule has 1 fully saturated rings. The molecule has 0 spiro atoms. The lowest BCUT2D eigenvalue weighted by Crippen LogP contribution is -2.53. The lowest BCUT2D eigenvalue weighted by Gasteiger charge is -2.44. The first-order valence-electron chi connectivity index (χ1n) is 12.8. The molecule has 2 aliphatic rings. The van der Waals surface area contributed by atoms with E-state index in [0.29, 0.717) is 40.4 Å². The van der Waals surface area contributed by atoms with Crippen molar-refractivity contribution in [3.63, 3.8) is 0 Å². The maximum absolute atomic E-state index is 14.3. The summed E-state index contributed by atoms with van der Waals surface area (Å²) in [5.41, 5.74) is 1.05. The number of ketones is 1. The maximum Gasteiger partial charge on any atom is 0.243 e. The molecule has 1 saturated heterocycles. The second kappa shape index (κ2) is 10.2. The topological polar surface area (TPSA) is 94.4 Å². The zero-order valence-electron chi connectivity index (χ0n) is 22.0. The first kappa shape index (κ1) is 27.8. The van der Waals surface area contributed by atoms with Gasteiger partial charge in [0.05, 0.1) is 35.0 Å². The molecule has 1 atom stereocenters. The minimum Gasteiger partial charge on any atom is -0.497 e. The summed E-state index contributed by atoms with van der Waals surface area (Å²) >= 11 is 0. The Morgan fingerprint density at radius 1 is 1.02 bits per heavy atom. The normalized spacial score (nSPS) is 18.6. The van der Waals surface area contributed by atoms with Crippen LogP contribution in [0, 0.1) is 28.7 Å². The van der Waals surface area contributed by atoms with Crippen LogP contribution in [-0.4, -0.2) is 53.5 Å². The van der Waals surface area contributed by atoms with Crippen molar-refractivity contribution in [1.82, 2.24) is 19.1 Å². The molecule has 216 valence electrons. The van der Waals surface area contributed by atoms with Gasteiger partial charge in [0.1, 0.15) is 17.3 Å². The minimum atomic E-state index is -4.55. The molecule has 13 heteroatoms. The Bertz CT molecular complexity index is 1850. The number of Topliss-reactive ketones (excluding diaryl/α,β-unsaturated/α-hetero) is 1. The predicted molar refractivity (Wildman–Crippen MR) is 142 cm³/mol. The Morgan fingerprint density at radius 2 is 1.74 bits per heavy atom. The first-order valence-corrected chi connectivity index (χ1v) is 14.2. The van der Waals surface area contributed by atoms with E-state index in [9.17, 15) is 30.8 Å². The standard InChI is InChI=1S/C29H22F4N4O4S/c1-41-21-6-8-34-25(11-21)28(38)29-14-17-15-35-37(20-4-2-19(30)3-5-20)26(17)10-18(29)7-9-36(16-29)42(39,40)22-12-23(31)27(33)24(32)13-22/h2-6,8,10-13,15H,7,9,14,16H2,1H3/t29-/m0/s1. The van der Waals surface area contributed by atoms with Gasteiger partial charge in [-0.05, 0) is 66.9 Å². The van der Waals surface area contributed by atoms with Crippen LogP contribution in [0.15, 0.2) is 71.4 Å². The number of hydrogen-bond donors (Lipinski definition) is 0. The summed E-state index contributed by atoms with van der Waals surface area (Å²) in [6, 6.07) is 9.56. The minimum absolute atomic E-state index is 0.0330. The van der Waals surface area contributed by atoms with Crippen molar-refractivity contribution in [3.8, 4) is 11.4 Å². The average Bonchev–Trinajstić information content (AvgIpc) is 3.40. The Morgan fingerprint density at radius 3 is 2.43 bits per heavy atom. The molecule has 0 saturated carbocycles. The SMILES string of the molecule is COc1ccnc(C(=O)[C@]23Cc4cnn(-c5ccc(F)cc5)c4C=C2CCN(S(=O)(=O)c2cc(F)c(F)c(F)c2)C3)c1. The Balaban J connectivity index is 1.46. The molecular formula is C29H22F4N4O4S. The zero-order chi connectivity index (χ0) is 29.8. The number of sulfonamides is 1. The number of piperidine rings is 1. The summed E-state index contributed by atoms with van der Waals surface area (Å²) in [5.74, 6) is -5.60. The number of carbonyl (C=O) groups excluding carboxylic acids is 1. The van der Waals surface area contributed by atoms with Crippen molar-refractivity contribution in [1.29, 1.82) is 0 Å². The second-order valence-corrected chi connectivity index (χ2v) is 12.0. The van der Waals surface area contributed by atoms with Crippen LogP contribution in [0.2, 0.25) is 0 Å². The van der Waals surface area contributed by atoms with Gasteiger partial charge in [0, 0.05) is 25.4 Å². The van der Waals surface area contributed by atoms with Crippen molar-refractivity contribution in [2.75, 3.05) is 20.2 Å². The van der Waals surface area contributed by atoms with Crippen LogP contribution >= 0.6 is 0 Å². The summed E-state index contributed by atoms with van der Waals surface area (Å²) < 4.78 is 90.2. The molecule has 1 aliphatic carbocycles. The quantitative estimate of drug-likeness (QED) is 0.181. The predicted octanol–water partition coefficient (Wildman–Crippen LogP) is 4.74. The van der Waals surface area contributed by atoms with Crippen molar-refractivity contribution in [2.45, 2.75) is 17.7 Å². The molecule has 0 N–H and O–H groups in total. The highest BCUT2D eigenvalue weighted by molar-refractivity contribution is 7.89. The Hall–Kier alpha value is -4.36. The van der Waals surface area contributed by atoms with E-state index in [1.165, 1.54) is 31.5 Å². The van der Waals surface area contributed by atoms with Gasteiger partial charge in [0.15, 0.2) is 23.2 Å². The van der Waals surface area contributed by atoms with E-state index in [2.05, 4.69) is 10.1 Å². The monoisotopic (exact) mass is 598 g/mol. The lowest BCUT2D eigenvalue weighted by atomic mass is 9.65. The van der Waals surface area contributed by atoms with Crippen molar-refractivity contribution in [3.05, 3.63) is 107 Å². The molecule has 0 unspecified atom stereocenters. The van der Waals surface area contributed by atoms with Crippen LogP contribution in [-0.2, 0) is 16.4 Å². The number of hydrogen-bond acceptors (Lipinski definition) is 6. The molecule has 1 aliphatic heterocycles. The summed E-state index contributed by atoms with van der Waals surface area (Å²) in [6.45, 7) is -0.490. The number of halogens is 4. The fourth-order valence-electron chi connectivity index (χ4n) is 5.55. The zero-order valence-corrected chi connectivity index (χ0v) is 22.8. The smallest absolute Gasteiger partial charge is 0.243 e. The van der Waals surface area contributed by atoms with E-state index in [1.54, 1.807) is 35.2 Å². The van der Waals surface area contributed by atoms with Gasteiger partial charge in [-0.1, -0.05) is 5.57 Å². The van der Waals surface area contributed by atoms with E-state index in [4.69, 9.17) is 4.74 Å². The van der Waals surface area contributed by atoms with Crippen LogP contribution in [0.3, 0.4) is 0 Å². The third-order valence-corrected chi connectivity index (χ3v) is 9.50. The number of carbonyl (C=O) groups is 1. The van der Waals surface area contributed by atoms with Crippen LogP contribution in [0.1, 0.15) is 28.2 Å². The van der Waals surface area contributed by atoms with E-state index >= 15 is 0 Å². The molecule has 8 nitrogen and oxygen atoms in total. The van der Waals surface area contributed by atoms with Crippen molar-refractivity contribution in [2.24, 2.45) is 5.41 Å². The molecule has 42 heavy (non-hydrogen) atoms. The van der Waals surface area contributed by atoms with Gasteiger partial charge in [-0.2, -0.15) is 9.40 Å². The molecule has 3 heterocycles. The molecule has 0 bridgehead atoms. The molecule has 0 radical (unpaired) electrons. The van der Waals surface area contributed by atoms with Gasteiger partial charge in [0.25, 0.3) is 0 Å². The van der Waals surface area contributed by atoms with Crippen molar-refractivity contribution >= 4 is 21.9 Å². The van der Waals surface area contributed by atoms with E-state index in [1.807, 2.05) is 0 Å². The molecule has 0 amide bonds. The van der Waals surface area contributed by atoms with Gasteiger partial charge >= 0.3 is 0 Å². The number of nitrogens with zero attached hydrogens (tertiary/aromatic N) is 4. The highest BCUT2D eigenvalue weighted by atomic mass is 32.2. The molecule has 2 aromatic carbocycles. The fraction of sp³-hybridized carbons (Fsp3) is 0.207. The van der Waals surface area contributed by atoms with Gasteiger partial charge in [0.2, 0.25) is 10.0 Å². The first-order chi connectivity index (χ1) is 20.0. The molecular weight excluding hydrogens is 576 g/mol. The number of aromatic nitrogens is 3. The van der Waals surface area contributed by atoms with Crippen LogP contribution in [0.5, 0.6) is 5.75 Å². The number of methoxy groups -OCH3 is 1. The van der Waals surface area contributed by atoms with Gasteiger partial charge < -0.3 is 4.74 Å². The number of benzene rings is 2. The van der Waals surface area contributed by atoms with Crippen LogP contribution in [0.4, 0.5) is 17.6 Å². The average molecular weight is 599 g/mol. The maximum atomic E-state index is 14.3. The molecule has 6 rings (SSSR count). The van der Waals surface area contributed by atoms with E-state index < -0.39 is 49.4 Å². The van der Waals surface area contributed by atoms with Crippen LogP contribution in [0.25, 0.3) is 11.8 Å². The van der Waals surface area contributed by atoms with E-state index in [0.717, 1.165) is 4.31 Å². The Kier molecular flexibility index (Phi) is 6.73. The summed E-state index contributed by atoms with van der Waals surface area (Å²) in [5, 5.41) is 4.44. The number of fused-ring (bicyclic) bond motifs is 2. The lowest BCUT2D eigenvalue weighted by molar-refractivity contribution is 0.0769. The number of pyridine rings is 1. The van der Waals surface area contributed by atoms with E-state index in [-0.39, 0.29) is 31.6 Å². The third kappa shape index (κ3) is 4.49. The second-order valence-electron chi connectivity index (χ2n) is 10.1. The highest BCUT2D eigenvalue weighted by Crippen LogP contribution is 2.47. The molecule has 2 aromatic heterocycles. The van der Waals surface area contributed by atoms with Gasteiger partial charge in [-0.3, -0.25) is 9.78 Å². The van der Waals surface area contributed by atoms with Gasteiger partial charge in [-0.25, -0.2) is 30.7 Å². The number of rotatable bonds is 6. The number of ether oxygens (including phenoxy) is 1. The summed E-state index contributed by atoms with van der Waals surface area (Å²) in [7, 11) is -3.12. The van der Waals surface area contributed by atoms with Gasteiger partial charge in [-0.15, -0.1) is 0 Å². The third-order valence-electron chi connectivity index (χ3n) is 7.68. The largest absolute Gasteiger partial charge is 0.497 e. The highest BCUT2D eigenvalue weighted by Gasteiger charge is 2.51. The summed E-state index contributed by atoms with van der Waals surface area (Å²) in [4.78, 5) is 17.7. The fourth-order valence-corrected chi connectivity index (χ4v) is 7.07. The summed E-state index contributed by atoms with van der Waals surface area (Å²) in [6.07, 6.45) is 4.85. The Labute approximate surface area is 237 Å². The van der Waals surface area contributed by atoms with Crippen LogP contribution < -0.4 is 4.74 Å². The molecule has 4 aromatic rings. The van der Waals surface area contributed by atoms with Crippen molar-refractivity contribution < 1.29 is 35.5 Å².